The maximum Gasteiger partial charge on any atom is 0.202 e. The second-order valence-corrected chi connectivity index (χ2v) is 5.13. The minimum Gasteiger partial charge on any atom is -0.291 e. The van der Waals surface area contributed by atoms with Gasteiger partial charge in [0.05, 0.1) is 0 Å². The van der Waals surface area contributed by atoms with Crippen LogP contribution in [0.5, 0.6) is 0 Å². The van der Waals surface area contributed by atoms with Crippen molar-refractivity contribution >= 4 is 12.6 Å². The summed E-state index contributed by atoms with van der Waals surface area (Å²) in [5.74, 6) is -0.212. The van der Waals surface area contributed by atoms with Crippen molar-refractivity contribution in [1.82, 2.24) is 0 Å². The van der Waals surface area contributed by atoms with Gasteiger partial charge in [-0.15, -0.1) is 0 Å². The van der Waals surface area contributed by atoms with Gasteiger partial charge in [-0.1, -0.05) is 71.1 Å². The Morgan fingerprint density at radius 1 is 0.778 bits per heavy atom. The number of hydrogen-bond acceptors (Lipinski definition) is 2. The SMILES string of the molecule is CCCCCCCCCCCCC([C]=O)C[C]=O. The molecule has 0 saturated carbocycles. The number of unbranched alkanes of at least 4 members (excludes halogenated alkanes) is 9. The first-order chi connectivity index (χ1) is 8.85. The van der Waals surface area contributed by atoms with Crippen LogP contribution in [0.4, 0.5) is 0 Å². The van der Waals surface area contributed by atoms with Crippen molar-refractivity contribution in [2.75, 3.05) is 0 Å². The summed E-state index contributed by atoms with van der Waals surface area (Å²) in [6.45, 7) is 2.24. The van der Waals surface area contributed by atoms with Crippen molar-refractivity contribution in [1.29, 1.82) is 0 Å². The number of carbonyl (C=O) groups excluding carboxylic acids is 2. The molecule has 2 heteroatoms. The fourth-order valence-electron chi connectivity index (χ4n) is 2.18. The predicted molar refractivity (Wildman–Crippen MR) is 76.0 cm³/mol. The molecule has 2 radical (unpaired) electrons. The molecule has 0 heterocycles. The average Bonchev–Trinajstić information content (AvgIpc) is 2.39. The van der Waals surface area contributed by atoms with Crippen LogP contribution < -0.4 is 0 Å². The van der Waals surface area contributed by atoms with E-state index in [9.17, 15) is 9.59 Å². The highest BCUT2D eigenvalue weighted by Crippen LogP contribution is 2.14. The third kappa shape index (κ3) is 11.8. The zero-order chi connectivity index (χ0) is 13.5. The van der Waals surface area contributed by atoms with Crippen molar-refractivity contribution in [2.24, 2.45) is 5.92 Å². The quantitative estimate of drug-likeness (QED) is 0.426. The zero-order valence-corrected chi connectivity index (χ0v) is 11.9. The van der Waals surface area contributed by atoms with E-state index < -0.39 is 0 Å². The monoisotopic (exact) mass is 252 g/mol. The summed E-state index contributed by atoms with van der Waals surface area (Å²) < 4.78 is 0. The summed E-state index contributed by atoms with van der Waals surface area (Å²) in [6.07, 6.45) is 17.7. The van der Waals surface area contributed by atoms with E-state index in [0.29, 0.717) is 0 Å². The van der Waals surface area contributed by atoms with Gasteiger partial charge in [-0.3, -0.25) is 9.59 Å². The molecule has 0 aliphatic rings. The van der Waals surface area contributed by atoms with Gasteiger partial charge in [0.2, 0.25) is 6.29 Å². The molecule has 0 amide bonds. The Balaban J connectivity index is 3.15. The molecule has 0 aliphatic carbocycles. The van der Waals surface area contributed by atoms with E-state index in [0.717, 1.165) is 12.8 Å². The van der Waals surface area contributed by atoms with Gasteiger partial charge in [0.25, 0.3) is 0 Å². The Bertz CT molecular complexity index is 190. The van der Waals surface area contributed by atoms with E-state index >= 15 is 0 Å². The molecule has 1 atom stereocenters. The lowest BCUT2D eigenvalue weighted by atomic mass is 9.99. The van der Waals surface area contributed by atoms with Gasteiger partial charge >= 0.3 is 0 Å². The summed E-state index contributed by atoms with van der Waals surface area (Å²) in [6, 6.07) is 0. The Kier molecular flexibility index (Phi) is 13.9. The largest absolute Gasteiger partial charge is 0.291 e. The van der Waals surface area contributed by atoms with E-state index in [-0.39, 0.29) is 12.3 Å². The zero-order valence-electron chi connectivity index (χ0n) is 11.9. The average molecular weight is 252 g/mol. The first-order valence-electron chi connectivity index (χ1n) is 7.57. The Morgan fingerprint density at radius 3 is 1.72 bits per heavy atom. The minimum atomic E-state index is -0.212. The maximum atomic E-state index is 10.5. The fourth-order valence-corrected chi connectivity index (χ4v) is 2.18. The predicted octanol–water partition coefficient (Wildman–Crippen LogP) is 4.52. The van der Waals surface area contributed by atoms with E-state index in [1.165, 1.54) is 57.8 Å². The van der Waals surface area contributed by atoms with Gasteiger partial charge < -0.3 is 0 Å². The molecule has 0 aromatic heterocycles. The minimum absolute atomic E-state index is 0.212. The first kappa shape index (κ1) is 17.3. The molecular weight excluding hydrogens is 224 g/mol. The fraction of sp³-hybridized carbons (Fsp3) is 0.875. The van der Waals surface area contributed by atoms with Gasteiger partial charge in [0.1, 0.15) is 0 Å². The Morgan fingerprint density at radius 2 is 1.28 bits per heavy atom. The van der Waals surface area contributed by atoms with E-state index in [4.69, 9.17) is 0 Å². The first-order valence-corrected chi connectivity index (χ1v) is 7.57. The molecule has 0 bridgehead atoms. The number of hydrogen-bond donors (Lipinski definition) is 0. The van der Waals surface area contributed by atoms with Gasteiger partial charge in [0, 0.05) is 12.3 Å². The summed E-state index contributed by atoms with van der Waals surface area (Å²) in [5.41, 5.74) is 0. The van der Waals surface area contributed by atoms with Crippen molar-refractivity contribution in [2.45, 2.75) is 84.0 Å². The van der Waals surface area contributed by atoms with Crippen molar-refractivity contribution in [3.8, 4) is 0 Å². The van der Waals surface area contributed by atoms with Crippen molar-refractivity contribution in [3.63, 3.8) is 0 Å². The molecule has 0 aromatic rings. The van der Waals surface area contributed by atoms with Crippen molar-refractivity contribution in [3.05, 3.63) is 0 Å². The normalized spacial score (nSPS) is 12.3. The highest BCUT2D eigenvalue weighted by molar-refractivity contribution is 5.62. The lowest BCUT2D eigenvalue weighted by Gasteiger charge is -2.05. The summed E-state index contributed by atoms with van der Waals surface area (Å²) >= 11 is 0. The van der Waals surface area contributed by atoms with E-state index in [1.807, 2.05) is 6.29 Å². The van der Waals surface area contributed by atoms with Gasteiger partial charge in [-0.25, -0.2) is 0 Å². The third-order valence-corrected chi connectivity index (χ3v) is 3.40. The standard InChI is InChI=1S/C16H28O2/c1-2-3-4-5-6-7-8-9-10-11-12-16(15-18)13-14-17/h16H,2-13H2,1H3. The van der Waals surface area contributed by atoms with Crippen LogP contribution in [-0.2, 0) is 9.59 Å². The van der Waals surface area contributed by atoms with Crippen LogP contribution in [0.1, 0.15) is 84.0 Å². The Labute approximate surface area is 113 Å². The van der Waals surface area contributed by atoms with Gasteiger partial charge in [-0.05, 0) is 6.42 Å². The van der Waals surface area contributed by atoms with Crippen LogP contribution in [0.3, 0.4) is 0 Å². The van der Waals surface area contributed by atoms with Crippen LogP contribution >= 0.6 is 0 Å². The molecule has 18 heavy (non-hydrogen) atoms. The lowest BCUT2D eigenvalue weighted by Crippen LogP contribution is -2.02. The highest BCUT2D eigenvalue weighted by atomic mass is 16.1. The van der Waals surface area contributed by atoms with Crippen LogP contribution in [-0.4, -0.2) is 12.6 Å². The molecule has 2 nitrogen and oxygen atoms in total. The molecule has 1 unspecified atom stereocenters. The Hall–Kier alpha value is -0.660. The topological polar surface area (TPSA) is 34.1 Å². The second-order valence-electron chi connectivity index (χ2n) is 5.13. The molecule has 0 spiro atoms. The number of rotatable bonds is 14. The van der Waals surface area contributed by atoms with Crippen molar-refractivity contribution < 1.29 is 9.59 Å². The molecule has 0 aromatic carbocycles. The van der Waals surface area contributed by atoms with Gasteiger partial charge in [0.15, 0.2) is 6.29 Å². The summed E-state index contributed by atoms with van der Waals surface area (Å²) in [5, 5.41) is 0. The molecule has 0 saturated heterocycles. The summed E-state index contributed by atoms with van der Waals surface area (Å²) in [4.78, 5) is 20.6. The molecule has 0 rings (SSSR count). The van der Waals surface area contributed by atoms with E-state index in [1.54, 1.807) is 6.29 Å². The molecule has 0 fully saturated rings. The molecular formula is C16H28O2. The van der Waals surface area contributed by atoms with Crippen LogP contribution in [0.2, 0.25) is 0 Å². The highest BCUT2D eigenvalue weighted by Gasteiger charge is 2.07. The van der Waals surface area contributed by atoms with Gasteiger partial charge in [-0.2, -0.15) is 0 Å². The lowest BCUT2D eigenvalue weighted by molar-refractivity contribution is 0.478. The third-order valence-electron chi connectivity index (χ3n) is 3.40. The summed E-state index contributed by atoms with van der Waals surface area (Å²) in [7, 11) is 0. The maximum absolute atomic E-state index is 10.5. The molecule has 0 aliphatic heterocycles. The van der Waals surface area contributed by atoms with Crippen LogP contribution in [0.15, 0.2) is 0 Å². The second kappa shape index (κ2) is 14.4. The molecule has 104 valence electrons. The smallest absolute Gasteiger partial charge is 0.202 e. The molecule has 0 N–H and O–H groups in total. The van der Waals surface area contributed by atoms with Crippen LogP contribution in [0.25, 0.3) is 0 Å². The van der Waals surface area contributed by atoms with Crippen LogP contribution in [0, 0.1) is 5.92 Å². The van der Waals surface area contributed by atoms with E-state index in [2.05, 4.69) is 6.92 Å².